The highest BCUT2D eigenvalue weighted by molar-refractivity contribution is 9.10. The number of hydrogen-bond acceptors (Lipinski definition) is 3. The van der Waals surface area contributed by atoms with E-state index in [-0.39, 0.29) is 5.57 Å². The molecule has 0 atom stereocenters. The molecule has 0 aliphatic carbocycles. The summed E-state index contributed by atoms with van der Waals surface area (Å²) in [5.41, 5.74) is 2.92. The molecule has 0 bridgehead atoms. The van der Waals surface area contributed by atoms with Gasteiger partial charge in [0.1, 0.15) is 17.4 Å². The van der Waals surface area contributed by atoms with Crippen LogP contribution in [0, 0.1) is 18.3 Å². The van der Waals surface area contributed by atoms with Gasteiger partial charge in [-0.1, -0.05) is 23.7 Å². The number of rotatable bonds is 7. The van der Waals surface area contributed by atoms with Crippen LogP contribution in [0.5, 0.6) is 5.75 Å². The summed E-state index contributed by atoms with van der Waals surface area (Å²) in [6.07, 6.45) is 3.92. The van der Waals surface area contributed by atoms with Crippen LogP contribution < -0.4 is 10.1 Å². The van der Waals surface area contributed by atoms with Crippen LogP contribution in [0.4, 0.5) is 5.69 Å². The van der Waals surface area contributed by atoms with Gasteiger partial charge in [0.25, 0.3) is 5.91 Å². The molecule has 0 heterocycles. The van der Waals surface area contributed by atoms with E-state index in [4.69, 9.17) is 16.3 Å². The van der Waals surface area contributed by atoms with Gasteiger partial charge in [0.2, 0.25) is 0 Å². The summed E-state index contributed by atoms with van der Waals surface area (Å²) in [7, 11) is 0. The lowest BCUT2D eigenvalue weighted by Crippen LogP contribution is -2.14. The number of ether oxygens (including phenoxy) is 1. The van der Waals surface area contributed by atoms with E-state index in [1.807, 2.05) is 25.1 Å². The molecular weight excluding hydrogens is 440 g/mol. The van der Waals surface area contributed by atoms with Gasteiger partial charge in [0.15, 0.2) is 0 Å². The maximum absolute atomic E-state index is 12.6. The molecule has 2 aromatic carbocycles. The minimum absolute atomic E-state index is 0.0139. The number of carbonyl (C=O) groups is 1. The first-order valence-electron chi connectivity index (χ1n) is 8.65. The van der Waals surface area contributed by atoms with E-state index < -0.39 is 5.91 Å². The largest absolute Gasteiger partial charge is 0.492 e. The summed E-state index contributed by atoms with van der Waals surface area (Å²) >= 11 is 9.59. The van der Waals surface area contributed by atoms with Crippen LogP contribution >= 0.6 is 27.5 Å². The molecular formula is C22H20BrClN2O2. The monoisotopic (exact) mass is 458 g/mol. The summed E-state index contributed by atoms with van der Waals surface area (Å²) in [5, 5.41) is 12.8. The molecule has 0 saturated carbocycles. The number of nitriles is 1. The SMILES string of the molecule is C=CCc1cc(/C=C(/C#N)C(=O)Nc2cccc(Cl)c2C)cc(Br)c1OCC. The van der Waals surface area contributed by atoms with E-state index in [0.717, 1.165) is 21.3 Å². The summed E-state index contributed by atoms with van der Waals surface area (Å²) < 4.78 is 6.44. The minimum Gasteiger partial charge on any atom is -0.492 e. The van der Waals surface area contributed by atoms with Crippen molar-refractivity contribution in [2.45, 2.75) is 20.3 Å². The first kappa shape index (κ1) is 21.7. The van der Waals surface area contributed by atoms with Gasteiger partial charge in [-0.15, -0.1) is 6.58 Å². The Labute approximate surface area is 178 Å². The Balaban J connectivity index is 2.38. The Bertz CT molecular complexity index is 977. The third-order valence-corrected chi connectivity index (χ3v) is 4.99. The summed E-state index contributed by atoms with van der Waals surface area (Å²) in [6, 6.07) is 10.9. The highest BCUT2D eigenvalue weighted by Crippen LogP contribution is 2.32. The van der Waals surface area contributed by atoms with Crippen LogP contribution in [-0.2, 0) is 11.2 Å². The normalized spacial score (nSPS) is 10.9. The van der Waals surface area contributed by atoms with Gasteiger partial charge in [-0.05, 0) is 83.2 Å². The second-order valence-electron chi connectivity index (χ2n) is 5.95. The molecule has 6 heteroatoms. The Morgan fingerprint density at radius 1 is 1.43 bits per heavy atom. The second-order valence-corrected chi connectivity index (χ2v) is 7.21. The number of benzene rings is 2. The van der Waals surface area contributed by atoms with Crippen LogP contribution in [0.2, 0.25) is 5.02 Å². The van der Waals surface area contributed by atoms with Crippen molar-refractivity contribution in [3.63, 3.8) is 0 Å². The van der Waals surface area contributed by atoms with Crippen LogP contribution in [0.15, 0.2) is 53.0 Å². The zero-order chi connectivity index (χ0) is 20.7. The molecule has 0 spiro atoms. The zero-order valence-corrected chi connectivity index (χ0v) is 18.0. The predicted molar refractivity (Wildman–Crippen MR) is 118 cm³/mol. The molecule has 4 nitrogen and oxygen atoms in total. The molecule has 0 radical (unpaired) electrons. The molecule has 1 N–H and O–H groups in total. The first-order valence-corrected chi connectivity index (χ1v) is 9.82. The molecule has 28 heavy (non-hydrogen) atoms. The molecule has 2 aromatic rings. The molecule has 0 aliphatic heterocycles. The maximum atomic E-state index is 12.6. The highest BCUT2D eigenvalue weighted by Gasteiger charge is 2.14. The third kappa shape index (κ3) is 5.25. The van der Waals surface area contributed by atoms with Crippen molar-refractivity contribution in [1.82, 2.24) is 0 Å². The summed E-state index contributed by atoms with van der Waals surface area (Å²) in [5.74, 6) is 0.236. The predicted octanol–water partition coefficient (Wildman–Crippen LogP) is 6.08. The molecule has 0 aromatic heterocycles. The molecule has 0 aliphatic rings. The van der Waals surface area contributed by atoms with Crippen molar-refractivity contribution in [3.8, 4) is 11.8 Å². The van der Waals surface area contributed by atoms with E-state index >= 15 is 0 Å². The van der Waals surface area contributed by atoms with Gasteiger partial charge in [-0.25, -0.2) is 0 Å². The number of amides is 1. The first-order chi connectivity index (χ1) is 13.4. The van der Waals surface area contributed by atoms with Crippen molar-refractivity contribution in [2.75, 3.05) is 11.9 Å². The smallest absolute Gasteiger partial charge is 0.266 e. The lowest BCUT2D eigenvalue weighted by molar-refractivity contribution is -0.112. The van der Waals surface area contributed by atoms with Crippen LogP contribution in [0.25, 0.3) is 6.08 Å². The minimum atomic E-state index is -0.497. The van der Waals surface area contributed by atoms with E-state index in [9.17, 15) is 10.1 Å². The molecule has 0 fully saturated rings. The topological polar surface area (TPSA) is 62.1 Å². The second kappa shape index (κ2) is 10.1. The lowest BCUT2D eigenvalue weighted by Gasteiger charge is -2.13. The molecule has 1 amide bonds. The van der Waals surface area contributed by atoms with Crippen LogP contribution in [-0.4, -0.2) is 12.5 Å². The molecule has 2 rings (SSSR count). The molecule has 144 valence electrons. The van der Waals surface area contributed by atoms with Gasteiger partial charge in [-0.3, -0.25) is 4.79 Å². The lowest BCUT2D eigenvalue weighted by atomic mass is 10.0. The number of carbonyl (C=O) groups excluding carboxylic acids is 1. The Morgan fingerprint density at radius 2 is 2.18 bits per heavy atom. The standard InChI is InChI=1S/C22H20BrClN2O2/c1-4-7-16-10-15(12-18(23)21(16)28-5-2)11-17(13-25)22(27)26-20-9-6-8-19(24)14(20)3/h4,6,8-12H,1,5,7H2,2-3H3,(H,26,27)/b17-11-. The number of nitrogens with zero attached hydrogens (tertiary/aromatic N) is 1. The van der Waals surface area contributed by atoms with Crippen molar-refractivity contribution < 1.29 is 9.53 Å². The fourth-order valence-corrected chi connectivity index (χ4v) is 3.43. The average molecular weight is 460 g/mol. The van der Waals surface area contributed by atoms with Crippen molar-refractivity contribution >= 4 is 45.2 Å². The van der Waals surface area contributed by atoms with Gasteiger partial charge >= 0.3 is 0 Å². The number of halogens is 2. The van der Waals surface area contributed by atoms with Crippen molar-refractivity contribution in [3.05, 3.63) is 74.7 Å². The van der Waals surface area contributed by atoms with Gasteiger partial charge in [0, 0.05) is 10.7 Å². The van der Waals surface area contributed by atoms with E-state index in [1.54, 1.807) is 37.3 Å². The average Bonchev–Trinajstić information content (AvgIpc) is 2.66. The van der Waals surface area contributed by atoms with Gasteiger partial charge < -0.3 is 10.1 Å². The maximum Gasteiger partial charge on any atom is 0.266 e. The Hall–Kier alpha value is -2.55. The number of nitrogens with one attached hydrogen (secondary N) is 1. The third-order valence-electron chi connectivity index (χ3n) is 3.99. The van der Waals surface area contributed by atoms with Crippen LogP contribution in [0.3, 0.4) is 0 Å². The highest BCUT2D eigenvalue weighted by atomic mass is 79.9. The van der Waals surface area contributed by atoms with Gasteiger partial charge in [0.05, 0.1) is 11.1 Å². The van der Waals surface area contributed by atoms with Crippen molar-refractivity contribution in [1.29, 1.82) is 5.26 Å². The van der Waals surface area contributed by atoms with Crippen LogP contribution in [0.1, 0.15) is 23.6 Å². The number of anilines is 1. The fourth-order valence-electron chi connectivity index (χ4n) is 2.62. The van der Waals surface area contributed by atoms with Gasteiger partial charge in [-0.2, -0.15) is 5.26 Å². The number of allylic oxidation sites excluding steroid dienone is 1. The van der Waals surface area contributed by atoms with E-state index in [2.05, 4.69) is 27.8 Å². The van der Waals surface area contributed by atoms with E-state index in [0.29, 0.717) is 29.3 Å². The fraction of sp³-hybridized carbons (Fsp3) is 0.182. The van der Waals surface area contributed by atoms with E-state index in [1.165, 1.54) is 0 Å². The number of hydrogen-bond donors (Lipinski definition) is 1. The Morgan fingerprint density at radius 3 is 2.82 bits per heavy atom. The Kier molecular flexibility index (Phi) is 7.86. The molecule has 0 unspecified atom stereocenters. The van der Waals surface area contributed by atoms with Crippen molar-refractivity contribution in [2.24, 2.45) is 0 Å². The summed E-state index contributed by atoms with van der Waals surface area (Å²) in [4.78, 5) is 12.6. The quantitative estimate of drug-likeness (QED) is 0.310. The zero-order valence-electron chi connectivity index (χ0n) is 15.7. The molecule has 0 saturated heterocycles. The summed E-state index contributed by atoms with van der Waals surface area (Å²) in [6.45, 7) is 8.02.